The van der Waals surface area contributed by atoms with Gasteiger partial charge in [0.1, 0.15) is 0 Å². The number of hydrogen-bond acceptors (Lipinski definition) is 6. The molecule has 0 saturated carbocycles. The highest BCUT2D eigenvalue weighted by Gasteiger charge is 2.16. The Morgan fingerprint density at radius 1 is 1.30 bits per heavy atom. The first-order valence-electron chi connectivity index (χ1n) is 10.7. The van der Waals surface area contributed by atoms with E-state index >= 15 is 0 Å². The molecule has 9 heteroatoms. The van der Waals surface area contributed by atoms with Crippen molar-refractivity contribution in [3.63, 3.8) is 0 Å². The largest absolute Gasteiger partial charge is 0.370 e. The number of nitrogens with two attached hydrogens (primary N) is 2. The molecule has 33 heavy (non-hydrogen) atoms. The zero-order valence-electron chi connectivity index (χ0n) is 19.6. The van der Waals surface area contributed by atoms with Crippen molar-refractivity contribution in [2.45, 2.75) is 20.3 Å². The van der Waals surface area contributed by atoms with Crippen molar-refractivity contribution >= 4 is 53.2 Å². The molecule has 1 unspecified atom stereocenters. The van der Waals surface area contributed by atoms with Crippen LogP contribution in [0.15, 0.2) is 53.2 Å². The third-order valence-corrected chi connectivity index (χ3v) is 6.50. The summed E-state index contributed by atoms with van der Waals surface area (Å²) < 4.78 is 1.26. The number of guanidine groups is 1. The van der Waals surface area contributed by atoms with E-state index in [0.29, 0.717) is 5.96 Å². The molecule has 4 N–H and O–H groups in total. The lowest BCUT2D eigenvalue weighted by molar-refractivity contribution is 0.453. The van der Waals surface area contributed by atoms with Gasteiger partial charge >= 0.3 is 0 Å². The molecule has 0 aliphatic carbocycles. The van der Waals surface area contributed by atoms with Crippen molar-refractivity contribution < 1.29 is 0 Å². The van der Waals surface area contributed by atoms with Gasteiger partial charge < -0.3 is 15.6 Å². The number of hydrogen-bond donors (Lipinski definition) is 2. The Morgan fingerprint density at radius 2 is 2.09 bits per heavy atom. The number of aryl methyl sites for hydroxylation is 1. The molecule has 7 nitrogen and oxygen atoms in total. The molecule has 0 radical (unpaired) electrons. The van der Waals surface area contributed by atoms with Gasteiger partial charge in [-0.05, 0) is 66.0 Å². The first-order chi connectivity index (χ1) is 15.8. The fourth-order valence-electron chi connectivity index (χ4n) is 3.61. The van der Waals surface area contributed by atoms with Crippen LogP contribution >= 0.6 is 20.6 Å². The van der Waals surface area contributed by atoms with E-state index < -0.39 is 0 Å². The summed E-state index contributed by atoms with van der Waals surface area (Å²) in [5, 5.41) is 2.77. The highest BCUT2D eigenvalue weighted by molar-refractivity contribution is 7.27. The first-order valence-corrected chi connectivity index (χ1v) is 12.1. The number of allylic oxidation sites excluding steroid dienone is 1. The fraction of sp³-hybridized carbons (Fsp3) is 0.292. The van der Waals surface area contributed by atoms with Gasteiger partial charge in [-0.2, -0.15) is 0 Å². The molecule has 1 aromatic carbocycles. The zero-order valence-corrected chi connectivity index (χ0v) is 21.6. The number of thiazole rings is 1. The molecule has 1 atom stereocenters. The molecule has 1 aliphatic heterocycles. The summed E-state index contributed by atoms with van der Waals surface area (Å²) in [7, 11) is 6.20. The predicted molar refractivity (Wildman–Crippen MR) is 145 cm³/mol. The molecule has 0 bridgehead atoms. The van der Waals surface area contributed by atoms with E-state index in [1.165, 1.54) is 21.1 Å². The maximum Gasteiger partial charge on any atom is 0.191 e. The standard InChI is InChI=1S/C17H26N6.C7H6NPS/c1-12-9-15(13(2)11-22(4)19)10-21-16(12)14-5-7-23(8-6-14)17(18)20-3;9-5-1-2-6-7(3-5)10-4-8-6/h5,9-11H,6-8,19H2,1-4H3,(H2,18,20);1-4H,9H2/b13-11+;. The summed E-state index contributed by atoms with van der Waals surface area (Å²) in [6, 6.07) is 8.37. The van der Waals surface area contributed by atoms with Crippen LogP contribution < -0.4 is 16.9 Å². The molecule has 0 amide bonds. The van der Waals surface area contributed by atoms with E-state index in [9.17, 15) is 0 Å². The van der Waals surface area contributed by atoms with Crippen LogP contribution in [-0.4, -0.2) is 53.0 Å². The van der Waals surface area contributed by atoms with Crippen LogP contribution in [0, 0.1) is 6.92 Å². The molecule has 0 saturated heterocycles. The van der Waals surface area contributed by atoms with Crippen molar-refractivity contribution in [1.29, 1.82) is 0 Å². The summed E-state index contributed by atoms with van der Waals surface area (Å²) in [4.78, 5) is 14.9. The number of benzene rings is 1. The second-order valence-electron chi connectivity index (χ2n) is 7.95. The molecule has 2 aromatic heterocycles. The van der Waals surface area contributed by atoms with Crippen molar-refractivity contribution in [3.05, 3.63) is 65.1 Å². The van der Waals surface area contributed by atoms with Gasteiger partial charge in [0.05, 0.1) is 21.4 Å². The lowest BCUT2D eigenvalue weighted by atomic mass is 9.98. The summed E-state index contributed by atoms with van der Waals surface area (Å²) in [5.41, 5.74) is 14.5. The number of aliphatic imine (C=N–C) groups is 1. The second kappa shape index (κ2) is 11.4. The Morgan fingerprint density at radius 3 is 2.73 bits per heavy atom. The predicted octanol–water partition coefficient (Wildman–Crippen LogP) is 3.39. The zero-order chi connectivity index (χ0) is 24.0. The Labute approximate surface area is 202 Å². The van der Waals surface area contributed by atoms with Crippen LogP contribution in [0.3, 0.4) is 0 Å². The highest BCUT2D eigenvalue weighted by atomic mass is 32.1. The SMILES string of the molecule is CN=C(N)N1CC=C(c2ncc(/C(C)=C/N(C)N)cc2C)CC1.Pc1ccc2ncsc2c1. The molecule has 174 valence electrons. The van der Waals surface area contributed by atoms with Gasteiger partial charge in [0.25, 0.3) is 0 Å². The second-order valence-corrected chi connectivity index (χ2v) is 9.51. The highest BCUT2D eigenvalue weighted by Crippen LogP contribution is 2.25. The number of fused-ring (bicyclic) bond motifs is 1. The minimum absolute atomic E-state index is 0.590. The molecule has 4 rings (SSSR count). The Bertz CT molecular complexity index is 1200. The summed E-state index contributed by atoms with van der Waals surface area (Å²) in [6.07, 6.45) is 6.91. The maximum absolute atomic E-state index is 5.87. The lowest BCUT2D eigenvalue weighted by Crippen LogP contribution is -2.39. The Hall–Kier alpha value is -2.80. The molecule has 0 spiro atoms. The molecule has 0 fully saturated rings. The van der Waals surface area contributed by atoms with Crippen LogP contribution in [-0.2, 0) is 0 Å². The van der Waals surface area contributed by atoms with Crippen LogP contribution in [0.2, 0.25) is 0 Å². The topological polar surface area (TPSA) is 96.7 Å². The van der Waals surface area contributed by atoms with E-state index in [4.69, 9.17) is 11.6 Å². The van der Waals surface area contributed by atoms with Crippen LogP contribution in [0.25, 0.3) is 21.4 Å². The number of nitrogens with zero attached hydrogens (tertiary/aromatic N) is 5. The molecule has 1 aliphatic rings. The molecular weight excluding hydrogens is 449 g/mol. The van der Waals surface area contributed by atoms with E-state index in [1.807, 2.05) is 44.0 Å². The molecule has 3 aromatic rings. The summed E-state index contributed by atoms with van der Waals surface area (Å²) in [6.45, 7) is 5.78. The van der Waals surface area contributed by atoms with Crippen LogP contribution in [0.4, 0.5) is 0 Å². The third kappa shape index (κ3) is 6.60. The van der Waals surface area contributed by atoms with E-state index in [-0.39, 0.29) is 0 Å². The van der Waals surface area contributed by atoms with Crippen LogP contribution in [0.5, 0.6) is 0 Å². The molecular formula is C24H32N7PS. The van der Waals surface area contributed by atoms with E-state index in [1.54, 1.807) is 23.4 Å². The third-order valence-electron chi connectivity index (χ3n) is 5.35. The van der Waals surface area contributed by atoms with Crippen molar-refractivity contribution in [1.82, 2.24) is 19.9 Å². The van der Waals surface area contributed by atoms with Gasteiger partial charge in [-0.3, -0.25) is 9.98 Å². The van der Waals surface area contributed by atoms with E-state index in [2.05, 4.69) is 54.2 Å². The van der Waals surface area contributed by atoms with Crippen molar-refractivity contribution in [3.8, 4) is 0 Å². The smallest absolute Gasteiger partial charge is 0.191 e. The van der Waals surface area contributed by atoms with Gasteiger partial charge in [0.15, 0.2) is 5.96 Å². The van der Waals surface area contributed by atoms with E-state index in [0.717, 1.165) is 41.9 Å². The average Bonchev–Trinajstić information content (AvgIpc) is 3.26. The average molecular weight is 482 g/mol. The number of pyridine rings is 1. The maximum atomic E-state index is 5.87. The van der Waals surface area contributed by atoms with Gasteiger partial charge in [0.2, 0.25) is 0 Å². The first kappa shape index (κ1) is 24.8. The monoisotopic (exact) mass is 481 g/mol. The quantitative estimate of drug-likeness (QED) is 0.196. The lowest BCUT2D eigenvalue weighted by Gasteiger charge is -2.27. The minimum atomic E-state index is 0.590. The Balaban J connectivity index is 0.000000252. The van der Waals surface area contributed by atoms with Gasteiger partial charge in [0, 0.05) is 39.6 Å². The normalized spacial score (nSPS) is 14.6. The fourth-order valence-corrected chi connectivity index (χ4v) is 4.72. The van der Waals surface area contributed by atoms with Crippen molar-refractivity contribution in [2.75, 3.05) is 27.2 Å². The number of hydrazine groups is 1. The molecule has 3 heterocycles. The van der Waals surface area contributed by atoms with Gasteiger partial charge in [-0.1, -0.05) is 12.1 Å². The Kier molecular flexibility index (Phi) is 8.55. The van der Waals surface area contributed by atoms with Crippen molar-refractivity contribution in [2.24, 2.45) is 16.6 Å². The summed E-state index contributed by atoms with van der Waals surface area (Å²) in [5.74, 6) is 6.26. The van der Waals surface area contributed by atoms with Gasteiger partial charge in [-0.25, -0.2) is 10.8 Å². The summed E-state index contributed by atoms with van der Waals surface area (Å²) >= 11 is 1.68. The minimum Gasteiger partial charge on any atom is -0.370 e. The number of rotatable bonds is 3. The van der Waals surface area contributed by atoms with Gasteiger partial charge in [-0.15, -0.1) is 20.6 Å². The number of aromatic nitrogens is 2. The van der Waals surface area contributed by atoms with Crippen LogP contribution in [0.1, 0.15) is 30.2 Å².